The Morgan fingerprint density at radius 3 is 1.62 bits per heavy atom. The van der Waals surface area contributed by atoms with Gasteiger partial charge in [0.15, 0.2) is 14.5 Å². The van der Waals surface area contributed by atoms with E-state index in [4.69, 9.17) is 0 Å². The summed E-state index contributed by atoms with van der Waals surface area (Å²) in [6.07, 6.45) is 0. The number of aromatic nitrogens is 4. The van der Waals surface area contributed by atoms with E-state index in [9.17, 15) is 13.6 Å². The molecular formula is C19H14F2N6OS4. The van der Waals surface area contributed by atoms with Gasteiger partial charge in [0.05, 0.1) is 22.9 Å². The molecule has 0 bridgehead atoms. The number of anilines is 4. The highest BCUT2D eigenvalue weighted by Crippen LogP contribution is 2.30. The summed E-state index contributed by atoms with van der Waals surface area (Å²) in [5.41, 5.74) is 0.627. The van der Waals surface area contributed by atoms with E-state index >= 15 is 0 Å². The molecule has 2 N–H and O–H groups in total. The number of rotatable bonds is 10. The number of hydrogen-bond donors (Lipinski definition) is 2. The third kappa shape index (κ3) is 6.22. The minimum atomic E-state index is -0.381. The van der Waals surface area contributed by atoms with Gasteiger partial charge in [0.1, 0.15) is 11.6 Å². The lowest BCUT2D eigenvalue weighted by Crippen LogP contribution is -2.04. The van der Waals surface area contributed by atoms with Crippen molar-refractivity contribution < 1.29 is 13.6 Å². The third-order valence-corrected chi connectivity index (χ3v) is 7.82. The molecule has 4 aromatic rings. The van der Waals surface area contributed by atoms with Crippen molar-refractivity contribution in [3.63, 3.8) is 0 Å². The van der Waals surface area contributed by atoms with Crippen molar-refractivity contribution in [1.29, 1.82) is 0 Å². The number of nitrogens with zero attached hydrogens (tertiary/aromatic N) is 4. The Kier molecular flexibility index (Phi) is 7.63. The number of carbonyl (C=O) groups excluding carboxylic acids is 1. The first-order valence-electron chi connectivity index (χ1n) is 9.04. The molecule has 0 aliphatic heterocycles. The van der Waals surface area contributed by atoms with Crippen molar-refractivity contribution in [2.24, 2.45) is 0 Å². The lowest BCUT2D eigenvalue weighted by Gasteiger charge is -2.02. The molecule has 0 radical (unpaired) electrons. The van der Waals surface area contributed by atoms with Crippen molar-refractivity contribution in [3.05, 3.63) is 60.2 Å². The van der Waals surface area contributed by atoms with Crippen molar-refractivity contribution in [2.45, 2.75) is 8.68 Å². The van der Waals surface area contributed by atoms with Crippen molar-refractivity contribution in [3.8, 4) is 0 Å². The van der Waals surface area contributed by atoms with Crippen LogP contribution in [-0.2, 0) is 4.79 Å². The summed E-state index contributed by atoms with van der Waals surface area (Å²) in [7, 11) is 0. The molecule has 13 heteroatoms. The fourth-order valence-electron chi connectivity index (χ4n) is 2.32. The number of benzene rings is 2. The van der Waals surface area contributed by atoms with Crippen molar-refractivity contribution in [1.82, 2.24) is 20.4 Å². The van der Waals surface area contributed by atoms with Gasteiger partial charge in [-0.05, 0) is 24.3 Å². The Labute approximate surface area is 198 Å². The molecule has 0 amide bonds. The second-order valence-corrected chi connectivity index (χ2v) is 10.5. The highest BCUT2D eigenvalue weighted by atomic mass is 32.2. The molecule has 32 heavy (non-hydrogen) atoms. The summed E-state index contributed by atoms with van der Waals surface area (Å²) in [5.74, 6) is -0.320. The number of thioether (sulfide) groups is 2. The third-order valence-electron chi connectivity index (χ3n) is 3.76. The highest BCUT2D eigenvalue weighted by molar-refractivity contribution is 8.03. The highest BCUT2D eigenvalue weighted by Gasteiger charge is 2.12. The monoisotopic (exact) mass is 508 g/mol. The van der Waals surface area contributed by atoms with Crippen LogP contribution in [0.4, 0.5) is 30.4 Å². The Hall–Kier alpha value is -2.61. The van der Waals surface area contributed by atoms with Gasteiger partial charge in [0.25, 0.3) is 0 Å². The van der Waals surface area contributed by atoms with Crippen molar-refractivity contribution in [2.75, 3.05) is 22.1 Å². The van der Waals surface area contributed by atoms with Gasteiger partial charge >= 0.3 is 0 Å². The van der Waals surface area contributed by atoms with Crippen LogP contribution in [0.2, 0.25) is 0 Å². The van der Waals surface area contributed by atoms with Crippen LogP contribution < -0.4 is 10.6 Å². The number of Topliss-reactive ketones (excluding diaryl/α,β-unsaturated/α-hetero) is 1. The van der Waals surface area contributed by atoms with Crippen LogP contribution in [0.5, 0.6) is 0 Å². The minimum absolute atomic E-state index is 0.00220. The Balaban J connectivity index is 1.22. The maximum atomic E-state index is 13.7. The molecule has 0 saturated heterocycles. The van der Waals surface area contributed by atoms with E-state index in [2.05, 4.69) is 31.0 Å². The quantitative estimate of drug-likeness (QED) is 0.265. The summed E-state index contributed by atoms with van der Waals surface area (Å²) in [6, 6.07) is 12.6. The number of halogens is 2. The van der Waals surface area contributed by atoms with Gasteiger partial charge in [-0.15, -0.1) is 20.4 Å². The molecule has 2 heterocycles. The van der Waals surface area contributed by atoms with Gasteiger partial charge in [0, 0.05) is 0 Å². The summed E-state index contributed by atoms with van der Waals surface area (Å²) in [5, 5.41) is 22.6. The normalized spacial score (nSPS) is 10.8. The zero-order valence-corrected chi connectivity index (χ0v) is 19.4. The number of ketones is 1. The zero-order valence-electron chi connectivity index (χ0n) is 16.1. The number of nitrogens with one attached hydrogen (secondary N) is 2. The second-order valence-electron chi connectivity index (χ2n) is 6.07. The molecule has 0 spiro atoms. The van der Waals surface area contributed by atoms with Gasteiger partial charge < -0.3 is 10.6 Å². The summed E-state index contributed by atoms with van der Waals surface area (Å²) < 4.78 is 28.6. The van der Waals surface area contributed by atoms with Crippen LogP contribution in [-0.4, -0.2) is 37.7 Å². The van der Waals surface area contributed by atoms with Crippen LogP contribution in [0.1, 0.15) is 0 Å². The second kappa shape index (κ2) is 10.8. The first-order chi connectivity index (χ1) is 15.6. The van der Waals surface area contributed by atoms with Crippen LogP contribution in [0, 0.1) is 11.6 Å². The predicted octanol–water partition coefficient (Wildman–Crippen LogP) is 5.61. The molecule has 0 atom stereocenters. The molecule has 2 aromatic heterocycles. The van der Waals surface area contributed by atoms with E-state index in [0.29, 0.717) is 30.3 Å². The molecule has 0 fully saturated rings. The minimum Gasteiger partial charge on any atom is -0.328 e. The van der Waals surface area contributed by atoms with E-state index in [1.807, 2.05) is 0 Å². The standard InChI is InChI=1S/C19H14F2N6OS4/c20-12-5-1-3-7-14(12)22-16-24-26-18(31-16)29-9-11(28)10-30-19-27-25-17(32-19)23-15-8-4-2-6-13(15)21/h1-8H,9-10H2,(H,22,24)(H,23,25). The van der Waals surface area contributed by atoms with Gasteiger partial charge in [-0.1, -0.05) is 70.5 Å². The SMILES string of the molecule is O=C(CSc1nnc(Nc2ccccc2F)s1)CSc1nnc(Nc2ccccc2F)s1. The van der Waals surface area contributed by atoms with Crippen LogP contribution in [0.3, 0.4) is 0 Å². The Morgan fingerprint density at radius 2 is 1.19 bits per heavy atom. The predicted molar refractivity (Wildman–Crippen MR) is 126 cm³/mol. The lowest BCUT2D eigenvalue weighted by molar-refractivity contribution is -0.114. The summed E-state index contributed by atoms with van der Waals surface area (Å²) >= 11 is 5.02. The Morgan fingerprint density at radius 1 is 0.750 bits per heavy atom. The van der Waals surface area contributed by atoms with E-state index in [1.54, 1.807) is 36.4 Å². The van der Waals surface area contributed by atoms with E-state index in [0.717, 1.165) is 0 Å². The zero-order chi connectivity index (χ0) is 22.3. The molecule has 0 saturated carbocycles. The molecule has 0 aliphatic carbocycles. The summed E-state index contributed by atoms with van der Waals surface area (Å²) in [6.45, 7) is 0. The molecule has 164 valence electrons. The van der Waals surface area contributed by atoms with Crippen LogP contribution in [0.15, 0.2) is 57.2 Å². The van der Waals surface area contributed by atoms with Crippen molar-refractivity contribution >= 4 is 73.6 Å². The van der Waals surface area contributed by atoms with Gasteiger partial charge in [-0.3, -0.25) is 4.79 Å². The van der Waals surface area contributed by atoms with Crippen LogP contribution in [0.25, 0.3) is 0 Å². The average Bonchev–Trinajstić information content (AvgIpc) is 3.43. The van der Waals surface area contributed by atoms with Gasteiger partial charge in [-0.2, -0.15) is 0 Å². The van der Waals surface area contributed by atoms with E-state index in [1.165, 1.54) is 58.3 Å². The maximum absolute atomic E-state index is 13.7. The maximum Gasteiger partial charge on any atom is 0.210 e. The van der Waals surface area contributed by atoms with Gasteiger partial charge in [-0.25, -0.2) is 8.78 Å². The first-order valence-corrected chi connectivity index (χ1v) is 12.6. The average molecular weight is 509 g/mol. The molecule has 2 aromatic carbocycles. The molecule has 7 nitrogen and oxygen atoms in total. The number of para-hydroxylation sites is 2. The fourth-order valence-corrected chi connectivity index (χ4v) is 5.70. The molecule has 0 unspecified atom stereocenters. The fraction of sp³-hybridized carbons (Fsp3) is 0.105. The topological polar surface area (TPSA) is 92.7 Å². The smallest absolute Gasteiger partial charge is 0.210 e. The molecule has 4 rings (SSSR count). The van der Waals surface area contributed by atoms with Crippen LogP contribution >= 0.6 is 46.2 Å². The Bertz CT molecular complexity index is 1130. The number of hydrogen-bond acceptors (Lipinski definition) is 11. The summed E-state index contributed by atoms with van der Waals surface area (Å²) in [4.78, 5) is 12.2. The molecule has 0 aliphatic rings. The van der Waals surface area contributed by atoms with E-state index in [-0.39, 0.29) is 28.9 Å². The molecular weight excluding hydrogens is 495 g/mol. The van der Waals surface area contributed by atoms with E-state index < -0.39 is 0 Å². The first kappa shape index (κ1) is 22.6. The number of carbonyl (C=O) groups is 1. The lowest BCUT2D eigenvalue weighted by atomic mass is 10.3. The largest absolute Gasteiger partial charge is 0.328 e. The van der Waals surface area contributed by atoms with Gasteiger partial charge in [0.2, 0.25) is 10.3 Å².